The van der Waals surface area contributed by atoms with Gasteiger partial charge >= 0.3 is 5.97 Å². The number of ether oxygens (including phenoxy) is 2. The van der Waals surface area contributed by atoms with Gasteiger partial charge in [-0.3, -0.25) is 14.9 Å². The van der Waals surface area contributed by atoms with E-state index in [0.29, 0.717) is 17.0 Å². The van der Waals surface area contributed by atoms with Crippen molar-refractivity contribution in [2.24, 2.45) is 5.92 Å². The van der Waals surface area contributed by atoms with Crippen LogP contribution in [0.15, 0.2) is 42.5 Å². The fraction of sp³-hybridized carbons (Fsp3) is 0.333. The minimum Gasteiger partial charge on any atom is -0.478 e. The molecule has 0 fully saturated rings. The van der Waals surface area contributed by atoms with Crippen LogP contribution in [0.1, 0.15) is 36.7 Å². The van der Waals surface area contributed by atoms with Crippen molar-refractivity contribution in [2.45, 2.75) is 33.4 Å². The minimum atomic E-state index is -0.678. The van der Waals surface area contributed by atoms with Gasteiger partial charge in [0.15, 0.2) is 6.10 Å². The number of fused-ring (bicyclic) bond motifs is 1. The predicted molar refractivity (Wildman–Crippen MR) is 106 cm³/mol. The Balaban J connectivity index is 1.94. The zero-order chi connectivity index (χ0) is 21.1. The number of non-ortho nitro benzene ring substituents is 1. The molecule has 0 N–H and O–H groups in total. The van der Waals surface area contributed by atoms with Gasteiger partial charge in [-0.15, -0.1) is 0 Å². The Labute approximate surface area is 168 Å². The molecule has 0 spiro atoms. The number of rotatable bonds is 6. The number of nitrogens with zero attached hydrogens (tertiary/aromatic N) is 2. The van der Waals surface area contributed by atoms with Gasteiger partial charge in [0.1, 0.15) is 5.75 Å². The van der Waals surface area contributed by atoms with Gasteiger partial charge in [-0.25, -0.2) is 4.79 Å². The molecule has 0 bridgehead atoms. The fourth-order valence-corrected chi connectivity index (χ4v) is 3.12. The first kappa shape index (κ1) is 20.3. The first-order chi connectivity index (χ1) is 13.8. The Morgan fingerprint density at radius 1 is 1.24 bits per heavy atom. The maximum absolute atomic E-state index is 13.0. The maximum Gasteiger partial charge on any atom is 0.338 e. The molecule has 0 radical (unpaired) electrons. The van der Waals surface area contributed by atoms with Crippen LogP contribution in [0.4, 0.5) is 11.4 Å². The zero-order valence-electron chi connectivity index (χ0n) is 16.5. The van der Waals surface area contributed by atoms with Crippen LogP contribution in [0.2, 0.25) is 0 Å². The molecule has 3 rings (SSSR count). The largest absolute Gasteiger partial charge is 0.478 e. The van der Waals surface area contributed by atoms with Gasteiger partial charge in [0.2, 0.25) is 0 Å². The number of nitro groups is 1. The van der Waals surface area contributed by atoms with Crippen LogP contribution in [-0.2, 0) is 16.1 Å². The number of benzene rings is 2. The Kier molecular flexibility index (Phi) is 5.81. The number of hydrogen-bond acceptors (Lipinski definition) is 6. The van der Waals surface area contributed by atoms with Gasteiger partial charge in [0, 0.05) is 12.1 Å². The number of anilines is 1. The van der Waals surface area contributed by atoms with Gasteiger partial charge in [-0.05, 0) is 36.6 Å². The molecule has 1 atom stereocenters. The summed E-state index contributed by atoms with van der Waals surface area (Å²) >= 11 is 0. The molecule has 0 aromatic heterocycles. The van der Waals surface area contributed by atoms with Crippen molar-refractivity contribution in [1.29, 1.82) is 0 Å². The molecule has 1 unspecified atom stereocenters. The van der Waals surface area contributed by atoms with E-state index in [1.165, 1.54) is 23.1 Å². The van der Waals surface area contributed by atoms with E-state index in [0.717, 1.165) is 5.56 Å². The van der Waals surface area contributed by atoms with E-state index < -0.39 is 17.0 Å². The summed E-state index contributed by atoms with van der Waals surface area (Å²) in [5.41, 5.74) is 1.43. The van der Waals surface area contributed by atoms with Crippen molar-refractivity contribution in [3.8, 4) is 5.75 Å². The SMILES string of the molecule is CCOC(=O)c1ccc(CN2C(=O)C(C(C)C)Oc3ccc([N+](=O)[O-])cc32)cc1. The molecular weight excluding hydrogens is 376 g/mol. The molecule has 0 saturated carbocycles. The number of esters is 1. The smallest absolute Gasteiger partial charge is 0.338 e. The second-order valence-electron chi connectivity index (χ2n) is 7.03. The quantitative estimate of drug-likeness (QED) is 0.418. The summed E-state index contributed by atoms with van der Waals surface area (Å²) in [6.07, 6.45) is -0.678. The van der Waals surface area contributed by atoms with Gasteiger partial charge in [0.05, 0.1) is 29.3 Å². The second kappa shape index (κ2) is 8.30. The first-order valence-corrected chi connectivity index (χ1v) is 9.34. The van der Waals surface area contributed by atoms with Crippen LogP contribution in [0.25, 0.3) is 0 Å². The minimum absolute atomic E-state index is 0.0699. The Bertz CT molecular complexity index is 939. The van der Waals surface area contributed by atoms with Crippen LogP contribution >= 0.6 is 0 Å². The molecular formula is C21H22N2O6. The molecule has 0 aliphatic carbocycles. The molecule has 152 valence electrons. The van der Waals surface area contributed by atoms with Gasteiger partial charge in [-0.1, -0.05) is 26.0 Å². The van der Waals surface area contributed by atoms with E-state index in [1.807, 2.05) is 13.8 Å². The Morgan fingerprint density at radius 3 is 2.52 bits per heavy atom. The van der Waals surface area contributed by atoms with Crippen molar-refractivity contribution in [3.05, 3.63) is 63.7 Å². The predicted octanol–water partition coefficient (Wildman–Crippen LogP) is 3.72. The average Bonchev–Trinajstić information content (AvgIpc) is 2.69. The summed E-state index contributed by atoms with van der Waals surface area (Å²) in [5.74, 6) is -0.318. The lowest BCUT2D eigenvalue weighted by molar-refractivity contribution is -0.384. The van der Waals surface area contributed by atoms with Crippen LogP contribution in [-0.4, -0.2) is 29.5 Å². The standard InChI is InChI=1S/C21H22N2O6/c1-4-28-21(25)15-7-5-14(6-8-15)12-22-17-11-16(23(26)27)9-10-18(17)29-19(13(2)3)20(22)24/h5-11,13,19H,4,12H2,1-3H3. The zero-order valence-corrected chi connectivity index (χ0v) is 16.5. The van der Waals surface area contributed by atoms with Gasteiger partial charge in [0.25, 0.3) is 11.6 Å². The normalized spacial score (nSPS) is 15.7. The van der Waals surface area contributed by atoms with Crippen LogP contribution in [0.3, 0.4) is 0 Å². The van der Waals surface area contributed by atoms with E-state index in [4.69, 9.17) is 9.47 Å². The lowest BCUT2D eigenvalue weighted by atomic mass is 10.0. The molecule has 1 heterocycles. The summed E-state index contributed by atoms with van der Waals surface area (Å²) in [7, 11) is 0. The monoisotopic (exact) mass is 398 g/mol. The molecule has 1 aliphatic heterocycles. The summed E-state index contributed by atoms with van der Waals surface area (Å²) in [6, 6.07) is 11.0. The van der Waals surface area contributed by atoms with E-state index in [1.54, 1.807) is 31.2 Å². The number of hydrogen-bond donors (Lipinski definition) is 0. The highest BCUT2D eigenvalue weighted by Gasteiger charge is 2.37. The molecule has 2 aromatic carbocycles. The van der Waals surface area contributed by atoms with Gasteiger partial charge < -0.3 is 14.4 Å². The van der Waals surface area contributed by atoms with Crippen LogP contribution in [0, 0.1) is 16.0 Å². The van der Waals surface area contributed by atoms with Crippen molar-refractivity contribution in [3.63, 3.8) is 0 Å². The topological polar surface area (TPSA) is 99.0 Å². The van der Waals surface area contributed by atoms with Crippen molar-refractivity contribution in [1.82, 2.24) is 0 Å². The number of carbonyl (C=O) groups is 2. The third kappa shape index (κ3) is 4.21. The molecule has 0 saturated heterocycles. The molecule has 29 heavy (non-hydrogen) atoms. The average molecular weight is 398 g/mol. The Morgan fingerprint density at radius 2 is 1.93 bits per heavy atom. The van der Waals surface area contributed by atoms with E-state index >= 15 is 0 Å². The summed E-state index contributed by atoms with van der Waals surface area (Å²) in [6.45, 7) is 5.98. The van der Waals surface area contributed by atoms with Gasteiger partial charge in [-0.2, -0.15) is 0 Å². The van der Waals surface area contributed by atoms with Crippen molar-refractivity contribution < 1.29 is 24.0 Å². The van der Waals surface area contributed by atoms with Crippen LogP contribution in [0.5, 0.6) is 5.75 Å². The molecule has 8 nitrogen and oxygen atoms in total. The third-order valence-corrected chi connectivity index (χ3v) is 4.62. The lowest BCUT2D eigenvalue weighted by Gasteiger charge is -2.36. The number of nitro benzene ring substituents is 1. The highest BCUT2D eigenvalue weighted by atomic mass is 16.6. The molecule has 8 heteroatoms. The summed E-state index contributed by atoms with van der Waals surface area (Å²) in [5, 5.41) is 11.2. The second-order valence-corrected chi connectivity index (χ2v) is 7.03. The van der Waals surface area contributed by atoms with E-state index in [2.05, 4.69) is 0 Å². The number of carbonyl (C=O) groups excluding carboxylic acids is 2. The first-order valence-electron chi connectivity index (χ1n) is 9.34. The van der Waals surface area contributed by atoms with Crippen LogP contribution < -0.4 is 9.64 Å². The van der Waals surface area contributed by atoms with E-state index in [9.17, 15) is 19.7 Å². The highest BCUT2D eigenvalue weighted by Crippen LogP contribution is 2.39. The highest BCUT2D eigenvalue weighted by molar-refractivity contribution is 6.00. The van der Waals surface area contributed by atoms with E-state index in [-0.39, 0.29) is 30.7 Å². The van der Waals surface area contributed by atoms with Crippen molar-refractivity contribution >= 4 is 23.3 Å². The third-order valence-electron chi connectivity index (χ3n) is 4.62. The molecule has 2 aromatic rings. The number of amides is 1. The van der Waals surface area contributed by atoms with Crippen molar-refractivity contribution in [2.75, 3.05) is 11.5 Å². The molecule has 1 aliphatic rings. The fourth-order valence-electron chi connectivity index (χ4n) is 3.12. The summed E-state index contributed by atoms with van der Waals surface area (Å²) in [4.78, 5) is 37.0. The Hall–Kier alpha value is -3.42. The molecule has 1 amide bonds. The lowest BCUT2D eigenvalue weighted by Crippen LogP contribution is -2.48. The maximum atomic E-state index is 13.0. The summed E-state index contributed by atoms with van der Waals surface area (Å²) < 4.78 is 10.8.